The van der Waals surface area contributed by atoms with Gasteiger partial charge in [-0.25, -0.2) is 4.79 Å². The molecule has 1 aliphatic rings. The summed E-state index contributed by atoms with van der Waals surface area (Å²) in [6.07, 6.45) is 5.18. The van der Waals surface area contributed by atoms with Gasteiger partial charge in [-0.05, 0) is 68.7 Å². The second-order valence-corrected chi connectivity index (χ2v) is 10.4. The molecule has 1 aliphatic heterocycles. The number of hydrogen-bond acceptors (Lipinski definition) is 6. The predicted molar refractivity (Wildman–Crippen MR) is 152 cm³/mol. The fourth-order valence-electron chi connectivity index (χ4n) is 4.70. The molecule has 1 saturated heterocycles. The average molecular weight is 586 g/mol. The van der Waals surface area contributed by atoms with E-state index < -0.39 is 23.7 Å². The number of unbranched alkanes of at least 4 members (excludes halogenated alkanes) is 2. The number of aliphatic hydroxyl groups excluding tert-OH is 1. The zero-order valence-corrected chi connectivity index (χ0v) is 24.0. The van der Waals surface area contributed by atoms with Gasteiger partial charge in [-0.1, -0.05) is 66.9 Å². The standard InChI is InChI=1S/C30H37BrN2O5/c1-4-6-17-32(18-7-5-2)19-8-20-33-26(21-9-11-23(12-10-21)30(37)38-3)25(28(35)29(33)36)27(34)22-13-15-24(31)16-14-22/h9-16,26,34H,4-8,17-20H2,1-3H3/t26-/m1/s1. The number of halogens is 1. The second-order valence-electron chi connectivity index (χ2n) is 9.52. The van der Waals surface area contributed by atoms with E-state index in [1.54, 1.807) is 53.4 Å². The number of hydrogen-bond donors (Lipinski definition) is 1. The van der Waals surface area contributed by atoms with Crippen LogP contribution in [0.2, 0.25) is 0 Å². The molecule has 1 fully saturated rings. The molecule has 0 aliphatic carbocycles. The number of carbonyl (C=O) groups is 3. The molecule has 38 heavy (non-hydrogen) atoms. The van der Waals surface area contributed by atoms with Gasteiger partial charge < -0.3 is 19.6 Å². The van der Waals surface area contributed by atoms with E-state index >= 15 is 0 Å². The third kappa shape index (κ3) is 7.11. The van der Waals surface area contributed by atoms with Gasteiger partial charge in [-0.2, -0.15) is 0 Å². The van der Waals surface area contributed by atoms with E-state index in [1.807, 2.05) is 0 Å². The lowest BCUT2D eigenvalue weighted by Gasteiger charge is -2.27. The predicted octanol–water partition coefficient (Wildman–Crippen LogP) is 5.95. The van der Waals surface area contributed by atoms with Gasteiger partial charge in [0.1, 0.15) is 5.76 Å². The number of nitrogens with zero attached hydrogens (tertiary/aromatic N) is 2. The molecule has 0 radical (unpaired) electrons. The van der Waals surface area contributed by atoms with Crippen LogP contribution in [0.25, 0.3) is 5.76 Å². The van der Waals surface area contributed by atoms with E-state index in [-0.39, 0.29) is 11.3 Å². The molecule has 3 rings (SSSR count). The number of benzene rings is 2. The van der Waals surface area contributed by atoms with Crippen molar-refractivity contribution in [2.24, 2.45) is 0 Å². The topological polar surface area (TPSA) is 87.2 Å². The smallest absolute Gasteiger partial charge is 0.337 e. The Morgan fingerprint density at radius 2 is 1.47 bits per heavy atom. The van der Waals surface area contributed by atoms with Gasteiger partial charge in [0.2, 0.25) is 0 Å². The van der Waals surface area contributed by atoms with Gasteiger partial charge in [0, 0.05) is 16.6 Å². The first-order chi connectivity index (χ1) is 18.3. The quantitative estimate of drug-likeness (QED) is 0.135. The number of likely N-dealkylation sites (tertiary alicyclic amines) is 1. The summed E-state index contributed by atoms with van der Waals surface area (Å²) in [6, 6.07) is 12.8. The summed E-state index contributed by atoms with van der Waals surface area (Å²) in [5.74, 6) is -2.02. The van der Waals surface area contributed by atoms with E-state index in [4.69, 9.17) is 4.74 Å². The molecule has 1 amide bonds. The molecule has 0 unspecified atom stereocenters. The van der Waals surface area contributed by atoms with Crippen LogP contribution < -0.4 is 0 Å². The number of esters is 1. The van der Waals surface area contributed by atoms with Crippen molar-refractivity contribution in [3.63, 3.8) is 0 Å². The molecular weight excluding hydrogens is 548 g/mol. The normalized spacial score (nSPS) is 16.9. The molecule has 204 valence electrons. The molecule has 0 saturated carbocycles. The van der Waals surface area contributed by atoms with Crippen LogP contribution in [0.5, 0.6) is 0 Å². The zero-order chi connectivity index (χ0) is 27.7. The van der Waals surface area contributed by atoms with Gasteiger partial charge >= 0.3 is 5.97 Å². The summed E-state index contributed by atoms with van der Waals surface area (Å²) in [5.41, 5.74) is 1.51. The van der Waals surface area contributed by atoms with Crippen molar-refractivity contribution >= 4 is 39.3 Å². The number of aliphatic hydroxyl groups is 1. The Kier molecular flexibility index (Phi) is 11.1. The SMILES string of the molecule is CCCCN(CCCC)CCCN1C(=O)C(=O)C(=C(O)c2ccc(Br)cc2)[C@H]1c1ccc(C(=O)OC)cc1. The highest BCUT2D eigenvalue weighted by Crippen LogP contribution is 2.39. The summed E-state index contributed by atoms with van der Waals surface area (Å²) < 4.78 is 5.63. The minimum atomic E-state index is -0.759. The number of ketones is 1. The molecule has 1 heterocycles. The number of rotatable bonds is 13. The molecule has 1 atom stereocenters. The third-order valence-corrected chi connectivity index (χ3v) is 7.36. The van der Waals surface area contributed by atoms with E-state index in [0.717, 1.165) is 49.8 Å². The molecule has 7 nitrogen and oxygen atoms in total. The average Bonchev–Trinajstić information content (AvgIpc) is 3.18. The fourth-order valence-corrected chi connectivity index (χ4v) is 4.97. The van der Waals surface area contributed by atoms with Crippen molar-refractivity contribution in [2.75, 3.05) is 33.3 Å². The number of ether oxygens (including phenoxy) is 1. The highest BCUT2D eigenvalue weighted by Gasteiger charge is 2.45. The van der Waals surface area contributed by atoms with E-state index in [2.05, 4.69) is 34.7 Å². The van der Waals surface area contributed by atoms with Crippen LogP contribution in [0, 0.1) is 0 Å². The summed E-state index contributed by atoms with van der Waals surface area (Å²) in [6.45, 7) is 7.57. The van der Waals surface area contributed by atoms with Crippen LogP contribution in [0.15, 0.2) is 58.6 Å². The minimum Gasteiger partial charge on any atom is -0.507 e. The lowest BCUT2D eigenvalue weighted by Crippen LogP contribution is -2.34. The second kappa shape index (κ2) is 14.3. The lowest BCUT2D eigenvalue weighted by atomic mass is 9.94. The molecule has 8 heteroatoms. The van der Waals surface area contributed by atoms with Gasteiger partial charge in [0.15, 0.2) is 0 Å². The van der Waals surface area contributed by atoms with Crippen molar-refractivity contribution in [1.29, 1.82) is 0 Å². The van der Waals surface area contributed by atoms with E-state index in [9.17, 15) is 19.5 Å². The molecule has 0 bridgehead atoms. The van der Waals surface area contributed by atoms with Crippen LogP contribution >= 0.6 is 15.9 Å². The van der Waals surface area contributed by atoms with Crippen LogP contribution in [0.3, 0.4) is 0 Å². The molecule has 2 aromatic carbocycles. The Labute approximate surface area is 233 Å². The van der Waals surface area contributed by atoms with E-state index in [0.29, 0.717) is 29.7 Å². The number of carbonyl (C=O) groups excluding carboxylic acids is 3. The van der Waals surface area contributed by atoms with Crippen LogP contribution in [0.4, 0.5) is 0 Å². The summed E-state index contributed by atoms with van der Waals surface area (Å²) in [7, 11) is 1.31. The summed E-state index contributed by atoms with van der Waals surface area (Å²) in [4.78, 5) is 42.5. The third-order valence-electron chi connectivity index (χ3n) is 6.83. The first-order valence-corrected chi connectivity index (χ1v) is 14.1. The van der Waals surface area contributed by atoms with Crippen LogP contribution in [-0.4, -0.2) is 65.9 Å². The fraction of sp³-hybridized carbons (Fsp3) is 0.433. The van der Waals surface area contributed by atoms with Crippen molar-refractivity contribution in [1.82, 2.24) is 9.80 Å². The minimum absolute atomic E-state index is 0.0527. The van der Waals surface area contributed by atoms with Crippen LogP contribution in [0.1, 0.15) is 73.5 Å². The monoisotopic (exact) mass is 584 g/mol. The molecule has 0 spiro atoms. The Morgan fingerprint density at radius 3 is 2.03 bits per heavy atom. The van der Waals surface area contributed by atoms with Crippen molar-refractivity contribution < 1.29 is 24.2 Å². The lowest BCUT2D eigenvalue weighted by molar-refractivity contribution is -0.140. The number of amides is 1. The maximum absolute atomic E-state index is 13.3. The van der Waals surface area contributed by atoms with Crippen molar-refractivity contribution in [2.45, 2.75) is 52.0 Å². The first-order valence-electron chi connectivity index (χ1n) is 13.3. The Hall–Kier alpha value is -2.97. The summed E-state index contributed by atoms with van der Waals surface area (Å²) in [5, 5.41) is 11.2. The van der Waals surface area contributed by atoms with Gasteiger partial charge in [-0.3, -0.25) is 9.59 Å². The molecule has 2 aromatic rings. The van der Waals surface area contributed by atoms with E-state index in [1.165, 1.54) is 7.11 Å². The number of Topliss-reactive ketones (excluding diaryl/α,β-unsaturated/α-hetero) is 1. The molecule has 0 aromatic heterocycles. The van der Waals surface area contributed by atoms with Crippen molar-refractivity contribution in [3.05, 3.63) is 75.3 Å². The Balaban J connectivity index is 1.94. The maximum atomic E-state index is 13.3. The first kappa shape index (κ1) is 29.6. The van der Waals surface area contributed by atoms with Gasteiger partial charge in [0.05, 0.1) is 24.3 Å². The maximum Gasteiger partial charge on any atom is 0.337 e. The van der Waals surface area contributed by atoms with Crippen molar-refractivity contribution in [3.8, 4) is 0 Å². The largest absolute Gasteiger partial charge is 0.507 e. The number of methoxy groups -OCH3 is 1. The highest BCUT2D eigenvalue weighted by atomic mass is 79.9. The van der Waals surface area contributed by atoms with Crippen LogP contribution in [-0.2, 0) is 14.3 Å². The highest BCUT2D eigenvalue weighted by molar-refractivity contribution is 9.10. The van der Waals surface area contributed by atoms with Gasteiger partial charge in [-0.15, -0.1) is 0 Å². The molecular formula is C30H37BrN2O5. The molecule has 1 N–H and O–H groups in total. The zero-order valence-electron chi connectivity index (χ0n) is 22.4. The Morgan fingerprint density at radius 1 is 0.921 bits per heavy atom. The summed E-state index contributed by atoms with van der Waals surface area (Å²) >= 11 is 3.38. The van der Waals surface area contributed by atoms with Gasteiger partial charge in [0.25, 0.3) is 11.7 Å². The Bertz CT molecular complexity index is 1140.